The van der Waals surface area contributed by atoms with Crippen molar-refractivity contribution in [3.63, 3.8) is 0 Å². The van der Waals surface area contributed by atoms with Gasteiger partial charge in [-0.25, -0.2) is 0 Å². The van der Waals surface area contributed by atoms with Crippen molar-refractivity contribution in [2.45, 2.75) is 0 Å². The second-order valence-corrected chi connectivity index (χ2v) is 7.43. The van der Waals surface area contributed by atoms with Crippen molar-refractivity contribution in [1.29, 1.82) is 0 Å². The zero-order chi connectivity index (χ0) is 16.8. The Morgan fingerprint density at radius 2 is 2.05 bits per heavy atom. The Kier molecular flexibility index (Phi) is 7.24. The van der Waals surface area contributed by atoms with E-state index in [-0.39, 0.29) is 0 Å². The fraction of sp³-hybridized carbons (Fsp3) is 0. The van der Waals surface area contributed by atoms with Crippen molar-refractivity contribution >= 4 is 61.0 Å². The topological polar surface area (TPSA) is 97.5 Å². The summed E-state index contributed by atoms with van der Waals surface area (Å²) in [5.41, 5.74) is 5.37. The number of primary amides is 1. The van der Waals surface area contributed by atoms with E-state index in [1.165, 1.54) is 17.4 Å². The fourth-order valence-electron chi connectivity index (χ4n) is 1.23. The number of hydrogen-bond acceptors (Lipinski definition) is 4. The highest BCUT2D eigenvalue weighted by Crippen LogP contribution is 2.20. The molecule has 118 valence electrons. The minimum absolute atomic E-state index is 0.342. The van der Waals surface area contributed by atoms with Crippen molar-refractivity contribution in [2.75, 3.05) is 0 Å². The molecule has 1 heterocycles. The number of amides is 1. The van der Waals surface area contributed by atoms with E-state index in [2.05, 4.69) is 15.9 Å². The highest BCUT2D eigenvalue weighted by molar-refractivity contribution is 9.10. The molecule has 0 bridgehead atoms. The summed E-state index contributed by atoms with van der Waals surface area (Å²) in [5, 5.41) is 2.95. The largest absolute Gasteiger partial charge is 0.366 e. The zero-order valence-electron chi connectivity index (χ0n) is 10.9. The van der Waals surface area contributed by atoms with Gasteiger partial charge in [-0.15, -0.1) is 11.3 Å². The van der Waals surface area contributed by atoms with Crippen LogP contribution in [-0.4, -0.2) is 18.9 Å². The average molecular weight is 425 g/mol. The lowest BCUT2D eigenvalue weighted by Crippen LogP contribution is -2.11. The number of rotatable bonds is 3. The highest BCUT2D eigenvalue weighted by Gasteiger charge is 2.05. The molecule has 0 spiro atoms. The van der Waals surface area contributed by atoms with E-state index in [4.69, 9.17) is 21.9 Å². The molecule has 3 N–H and O–H groups in total. The summed E-state index contributed by atoms with van der Waals surface area (Å²) in [6.45, 7) is 0. The molecule has 0 unspecified atom stereocenters. The van der Waals surface area contributed by atoms with Crippen LogP contribution in [0.4, 0.5) is 0 Å². The molecule has 2 rings (SSSR count). The number of carbonyl (C=O) groups excluding carboxylic acids is 1. The summed E-state index contributed by atoms with van der Waals surface area (Å²) in [4.78, 5) is 11.4. The molecule has 0 aliphatic rings. The molecular formula is C13H11BrClNO4S2. The number of benzene rings is 1. The van der Waals surface area contributed by atoms with Gasteiger partial charge in [-0.2, -0.15) is 8.42 Å². The zero-order valence-corrected chi connectivity index (χ0v) is 14.9. The predicted octanol–water partition coefficient (Wildman–Crippen LogP) is 3.81. The SMILES string of the molecule is NC(=O)c1ccc(Br)cc1Cl.O=S(=O)(O)/C=C/c1cccs1. The Bertz CT molecular complexity index is 773. The van der Waals surface area contributed by atoms with Crippen molar-refractivity contribution in [2.24, 2.45) is 5.73 Å². The van der Waals surface area contributed by atoms with Gasteiger partial charge in [-0.1, -0.05) is 33.6 Å². The van der Waals surface area contributed by atoms with Crippen LogP contribution < -0.4 is 5.73 Å². The number of hydrogen-bond donors (Lipinski definition) is 2. The van der Waals surface area contributed by atoms with Crippen molar-refractivity contribution in [3.8, 4) is 0 Å². The van der Waals surface area contributed by atoms with Crippen LogP contribution in [0.25, 0.3) is 6.08 Å². The Labute approximate surface area is 145 Å². The maximum absolute atomic E-state index is 10.7. The number of carbonyl (C=O) groups is 1. The molecule has 5 nitrogen and oxygen atoms in total. The number of nitrogens with two attached hydrogens (primary N) is 1. The fourth-order valence-corrected chi connectivity index (χ4v) is 3.02. The van der Waals surface area contributed by atoms with Gasteiger partial charge in [0.2, 0.25) is 5.91 Å². The molecule has 9 heteroatoms. The van der Waals surface area contributed by atoms with Crippen LogP contribution in [0.15, 0.2) is 45.6 Å². The standard InChI is InChI=1S/C7H5BrClNO.C6H6O3S2/c8-4-1-2-5(7(10)11)6(9)3-4;7-11(8,9)5-3-6-2-1-4-10-6/h1-3H,(H2,10,11);1-5H,(H,7,8,9)/b;5-3+. The molecule has 1 amide bonds. The first-order valence-corrected chi connectivity index (χ1v) is 9.18. The first kappa shape index (κ1) is 18.9. The summed E-state index contributed by atoms with van der Waals surface area (Å²) in [5.74, 6) is -0.512. The first-order chi connectivity index (χ1) is 10.2. The van der Waals surface area contributed by atoms with Gasteiger partial charge >= 0.3 is 0 Å². The predicted molar refractivity (Wildman–Crippen MR) is 92.6 cm³/mol. The lowest BCUT2D eigenvalue weighted by atomic mass is 10.2. The summed E-state index contributed by atoms with van der Waals surface area (Å²) in [6.07, 6.45) is 1.35. The molecule has 2 aromatic rings. The molecule has 1 aromatic carbocycles. The number of thiophene rings is 1. The lowest BCUT2D eigenvalue weighted by molar-refractivity contribution is 0.100. The van der Waals surface area contributed by atoms with Gasteiger partial charge in [0.25, 0.3) is 10.1 Å². The quantitative estimate of drug-likeness (QED) is 0.732. The van der Waals surface area contributed by atoms with Crippen LogP contribution in [0.5, 0.6) is 0 Å². The molecule has 22 heavy (non-hydrogen) atoms. The summed E-state index contributed by atoms with van der Waals surface area (Å²) in [7, 11) is -3.97. The van der Waals surface area contributed by atoms with Gasteiger partial charge in [-0.3, -0.25) is 9.35 Å². The third-order valence-electron chi connectivity index (χ3n) is 2.14. The minimum atomic E-state index is -3.97. The molecule has 0 saturated heterocycles. The smallest absolute Gasteiger partial charge is 0.287 e. The van der Waals surface area contributed by atoms with E-state index in [1.807, 2.05) is 5.38 Å². The van der Waals surface area contributed by atoms with Crippen LogP contribution >= 0.6 is 38.9 Å². The summed E-state index contributed by atoms with van der Waals surface area (Å²) in [6, 6.07) is 8.48. The molecule has 0 aliphatic heterocycles. The molecule has 0 saturated carbocycles. The molecule has 1 aromatic heterocycles. The Morgan fingerprint density at radius 3 is 2.50 bits per heavy atom. The Balaban J connectivity index is 0.000000220. The van der Waals surface area contributed by atoms with Crippen LogP contribution in [0.3, 0.4) is 0 Å². The van der Waals surface area contributed by atoms with E-state index in [9.17, 15) is 13.2 Å². The monoisotopic (exact) mass is 423 g/mol. The van der Waals surface area contributed by atoms with Crippen molar-refractivity contribution in [1.82, 2.24) is 0 Å². The van der Waals surface area contributed by atoms with Crippen molar-refractivity contribution < 1.29 is 17.8 Å². The first-order valence-electron chi connectivity index (χ1n) is 5.63. The normalized spacial score (nSPS) is 11.0. The van der Waals surface area contributed by atoms with Crippen molar-refractivity contribution in [3.05, 3.63) is 61.1 Å². The van der Waals surface area contributed by atoms with Gasteiger partial charge in [0.05, 0.1) is 16.0 Å². The molecule has 0 atom stereocenters. The van der Waals surface area contributed by atoms with E-state index in [0.717, 1.165) is 14.8 Å². The third kappa shape index (κ3) is 7.19. The van der Waals surface area contributed by atoms with Crippen LogP contribution in [0, 0.1) is 0 Å². The van der Waals surface area contributed by atoms with Gasteiger partial charge in [0, 0.05) is 9.35 Å². The van der Waals surface area contributed by atoms with E-state index < -0.39 is 16.0 Å². The molecule has 0 fully saturated rings. The maximum Gasteiger partial charge on any atom is 0.287 e. The third-order valence-corrected chi connectivity index (χ3v) is 4.27. The molecule has 0 radical (unpaired) electrons. The van der Waals surface area contributed by atoms with Gasteiger partial charge in [0.15, 0.2) is 0 Å². The van der Waals surface area contributed by atoms with E-state index >= 15 is 0 Å². The van der Waals surface area contributed by atoms with Gasteiger partial charge in [0.1, 0.15) is 0 Å². The number of halogens is 2. The van der Waals surface area contributed by atoms with Crippen LogP contribution in [0.1, 0.15) is 15.2 Å². The van der Waals surface area contributed by atoms with Gasteiger partial charge in [-0.05, 0) is 35.7 Å². The summed E-state index contributed by atoms with van der Waals surface area (Å²) < 4.78 is 29.5. The van der Waals surface area contributed by atoms with Gasteiger partial charge < -0.3 is 5.73 Å². The second kappa shape index (κ2) is 8.44. The van der Waals surface area contributed by atoms with E-state index in [1.54, 1.807) is 30.3 Å². The van der Waals surface area contributed by atoms with Crippen LogP contribution in [-0.2, 0) is 10.1 Å². The highest BCUT2D eigenvalue weighted by atomic mass is 79.9. The van der Waals surface area contributed by atoms with E-state index in [0.29, 0.717) is 10.6 Å². The lowest BCUT2D eigenvalue weighted by Gasteiger charge is -1.98. The second-order valence-electron chi connectivity index (χ2n) is 3.82. The maximum atomic E-state index is 10.7. The molecular weight excluding hydrogens is 414 g/mol. The Hall–Kier alpha value is -1.19. The van der Waals surface area contributed by atoms with Crippen LogP contribution in [0.2, 0.25) is 5.02 Å². The Morgan fingerprint density at radius 1 is 1.36 bits per heavy atom. The minimum Gasteiger partial charge on any atom is -0.366 e. The average Bonchev–Trinajstić information content (AvgIpc) is 2.89. The molecule has 0 aliphatic carbocycles. The summed E-state index contributed by atoms with van der Waals surface area (Å²) >= 11 is 10.3.